The second kappa shape index (κ2) is 4.88. The van der Waals surface area contributed by atoms with Crippen LogP contribution >= 0.6 is 0 Å². The van der Waals surface area contributed by atoms with Crippen molar-refractivity contribution in [1.82, 2.24) is 4.90 Å². The molecule has 0 bridgehead atoms. The normalized spacial score (nSPS) is 21.2. The number of rotatable bonds is 6. The number of hydrogen-bond acceptors (Lipinski definition) is 2. The highest BCUT2D eigenvalue weighted by Crippen LogP contribution is 2.33. The smallest absolute Gasteiger partial charge is 0.240 e. The van der Waals surface area contributed by atoms with Gasteiger partial charge in [-0.25, -0.2) is 0 Å². The summed E-state index contributed by atoms with van der Waals surface area (Å²) >= 11 is 0. The van der Waals surface area contributed by atoms with Crippen molar-refractivity contribution in [1.29, 1.82) is 0 Å². The SMILES string of the molecule is C#CCC(N)C(=O)N(CC1CC1)CC1CC1. The Hall–Kier alpha value is -1.01. The first-order chi connectivity index (χ1) is 7.70. The standard InChI is InChI=1S/C13H20N2O/c1-2-3-12(14)13(16)15(8-10-4-5-10)9-11-6-7-11/h1,10-12H,3-9,14H2. The Morgan fingerprint density at radius 3 is 2.19 bits per heavy atom. The van der Waals surface area contributed by atoms with Gasteiger partial charge in [0.15, 0.2) is 0 Å². The second-order valence-electron chi connectivity index (χ2n) is 5.14. The van der Waals surface area contributed by atoms with Gasteiger partial charge in [0.05, 0.1) is 6.04 Å². The average Bonchev–Trinajstić information content (AvgIpc) is 3.10. The van der Waals surface area contributed by atoms with Gasteiger partial charge in [0.2, 0.25) is 5.91 Å². The van der Waals surface area contributed by atoms with Crippen molar-refractivity contribution in [3.8, 4) is 12.3 Å². The van der Waals surface area contributed by atoms with E-state index in [1.165, 1.54) is 25.7 Å². The Bertz CT molecular complexity index is 286. The maximum absolute atomic E-state index is 12.1. The van der Waals surface area contributed by atoms with Gasteiger partial charge in [0.1, 0.15) is 0 Å². The predicted octanol–water partition coefficient (Wildman–Crippen LogP) is 0.986. The molecule has 2 aliphatic carbocycles. The zero-order valence-corrected chi connectivity index (χ0v) is 9.69. The summed E-state index contributed by atoms with van der Waals surface area (Å²) in [6.07, 6.45) is 10.6. The quantitative estimate of drug-likeness (QED) is 0.678. The third-order valence-corrected chi connectivity index (χ3v) is 3.32. The van der Waals surface area contributed by atoms with E-state index in [1.54, 1.807) is 0 Å². The van der Waals surface area contributed by atoms with Crippen LogP contribution in [-0.2, 0) is 4.79 Å². The van der Waals surface area contributed by atoms with Crippen molar-refractivity contribution >= 4 is 5.91 Å². The van der Waals surface area contributed by atoms with Crippen LogP contribution in [0.4, 0.5) is 0 Å². The topological polar surface area (TPSA) is 46.3 Å². The van der Waals surface area contributed by atoms with Crippen LogP contribution < -0.4 is 5.73 Å². The molecule has 0 saturated heterocycles. The Morgan fingerprint density at radius 1 is 1.31 bits per heavy atom. The average molecular weight is 220 g/mol. The molecule has 0 heterocycles. The third-order valence-electron chi connectivity index (χ3n) is 3.32. The maximum Gasteiger partial charge on any atom is 0.240 e. The number of carbonyl (C=O) groups excluding carboxylic acids is 1. The number of hydrogen-bond donors (Lipinski definition) is 1. The first-order valence-corrected chi connectivity index (χ1v) is 6.18. The summed E-state index contributed by atoms with van der Waals surface area (Å²) in [5, 5.41) is 0. The zero-order chi connectivity index (χ0) is 11.5. The fourth-order valence-corrected chi connectivity index (χ4v) is 1.93. The number of carbonyl (C=O) groups is 1. The maximum atomic E-state index is 12.1. The van der Waals surface area contributed by atoms with E-state index >= 15 is 0 Å². The molecule has 2 aliphatic rings. The molecule has 2 fully saturated rings. The van der Waals surface area contributed by atoms with Gasteiger partial charge in [-0.2, -0.15) is 0 Å². The molecule has 16 heavy (non-hydrogen) atoms. The van der Waals surface area contributed by atoms with Gasteiger partial charge in [0, 0.05) is 19.5 Å². The summed E-state index contributed by atoms with van der Waals surface area (Å²) in [7, 11) is 0. The number of terminal acetylenes is 1. The summed E-state index contributed by atoms with van der Waals surface area (Å²) in [5.74, 6) is 3.97. The summed E-state index contributed by atoms with van der Waals surface area (Å²) in [6, 6.07) is -0.498. The molecule has 0 aromatic rings. The van der Waals surface area contributed by atoms with Crippen LogP contribution in [0.3, 0.4) is 0 Å². The second-order valence-corrected chi connectivity index (χ2v) is 5.14. The predicted molar refractivity (Wildman–Crippen MR) is 63.5 cm³/mol. The fraction of sp³-hybridized carbons (Fsp3) is 0.769. The van der Waals surface area contributed by atoms with Crippen LogP contribution in [0.5, 0.6) is 0 Å². The molecule has 2 rings (SSSR count). The molecule has 0 aliphatic heterocycles. The lowest BCUT2D eigenvalue weighted by Gasteiger charge is -2.25. The zero-order valence-electron chi connectivity index (χ0n) is 9.69. The van der Waals surface area contributed by atoms with Crippen molar-refractivity contribution in [2.75, 3.05) is 13.1 Å². The lowest BCUT2D eigenvalue weighted by molar-refractivity contribution is -0.133. The van der Waals surface area contributed by atoms with E-state index in [-0.39, 0.29) is 5.91 Å². The minimum atomic E-state index is -0.498. The highest BCUT2D eigenvalue weighted by Gasteiger charge is 2.32. The highest BCUT2D eigenvalue weighted by atomic mass is 16.2. The van der Waals surface area contributed by atoms with Gasteiger partial charge >= 0.3 is 0 Å². The molecule has 1 amide bonds. The molecule has 3 heteroatoms. The van der Waals surface area contributed by atoms with Gasteiger partial charge in [-0.1, -0.05) is 0 Å². The van der Waals surface area contributed by atoms with Crippen LogP contribution in [0.25, 0.3) is 0 Å². The Balaban J connectivity index is 1.87. The Morgan fingerprint density at radius 2 is 1.81 bits per heavy atom. The lowest BCUT2D eigenvalue weighted by Crippen LogP contribution is -2.45. The van der Waals surface area contributed by atoms with Crippen LogP contribution in [0.15, 0.2) is 0 Å². The van der Waals surface area contributed by atoms with Gasteiger partial charge in [-0.3, -0.25) is 4.79 Å². The molecule has 0 spiro atoms. The first kappa shape index (κ1) is 11.5. The van der Waals surface area contributed by atoms with E-state index in [2.05, 4.69) is 5.92 Å². The minimum Gasteiger partial charge on any atom is -0.341 e. The van der Waals surface area contributed by atoms with Crippen molar-refractivity contribution < 1.29 is 4.79 Å². The fourth-order valence-electron chi connectivity index (χ4n) is 1.93. The third kappa shape index (κ3) is 3.24. The Kier molecular flexibility index (Phi) is 3.50. The van der Waals surface area contributed by atoms with E-state index in [4.69, 9.17) is 12.2 Å². The minimum absolute atomic E-state index is 0.0525. The molecule has 0 radical (unpaired) electrons. The molecule has 88 valence electrons. The molecule has 0 aromatic carbocycles. The van der Waals surface area contributed by atoms with Crippen LogP contribution in [-0.4, -0.2) is 29.9 Å². The molecule has 3 nitrogen and oxygen atoms in total. The molecular weight excluding hydrogens is 200 g/mol. The van der Waals surface area contributed by atoms with Crippen molar-refractivity contribution in [3.63, 3.8) is 0 Å². The molecular formula is C13H20N2O. The molecule has 1 atom stereocenters. The van der Waals surface area contributed by atoms with Crippen LogP contribution in [0, 0.1) is 24.2 Å². The van der Waals surface area contributed by atoms with Crippen LogP contribution in [0.2, 0.25) is 0 Å². The van der Waals surface area contributed by atoms with Gasteiger partial charge in [0.25, 0.3) is 0 Å². The van der Waals surface area contributed by atoms with Crippen molar-refractivity contribution in [2.24, 2.45) is 17.6 Å². The number of nitrogens with two attached hydrogens (primary N) is 1. The summed E-state index contributed by atoms with van der Waals surface area (Å²) in [5.41, 5.74) is 5.79. The first-order valence-electron chi connectivity index (χ1n) is 6.18. The van der Waals surface area contributed by atoms with Crippen molar-refractivity contribution in [2.45, 2.75) is 38.1 Å². The summed E-state index contributed by atoms with van der Waals surface area (Å²) in [4.78, 5) is 14.0. The molecule has 2 saturated carbocycles. The largest absolute Gasteiger partial charge is 0.341 e. The summed E-state index contributed by atoms with van der Waals surface area (Å²) in [6.45, 7) is 1.79. The van der Waals surface area contributed by atoms with E-state index in [9.17, 15) is 4.79 Å². The van der Waals surface area contributed by atoms with E-state index in [0.717, 1.165) is 24.9 Å². The van der Waals surface area contributed by atoms with Gasteiger partial charge in [-0.05, 0) is 37.5 Å². The molecule has 1 unspecified atom stereocenters. The molecule has 0 aromatic heterocycles. The van der Waals surface area contributed by atoms with Gasteiger partial charge < -0.3 is 10.6 Å². The lowest BCUT2D eigenvalue weighted by atomic mass is 10.2. The van der Waals surface area contributed by atoms with E-state index in [0.29, 0.717) is 6.42 Å². The molecule has 2 N–H and O–H groups in total. The summed E-state index contributed by atoms with van der Waals surface area (Å²) < 4.78 is 0. The Labute approximate surface area is 97.4 Å². The number of amides is 1. The number of nitrogens with zero attached hydrogens (tertiary/aromatic N) is 1. The van der Waals surface area contributed by atoms with E-state index < -0.39 is 6.04 Å². The van der Waals surface area contributed by atoms with E-state index in [1.807, 2.05) is 4.90 Å². The van der Waals surface area contributed by atoms with Crippen LogP contribution in [0.1, 0.15) is 32.1 Å². The van der Waals surface area contributed by atoms with Crippen molar-refractivity contribution in [3.05, 3.63) is 0 Å². The monoisotopic (exact) mass is 220 g/mol. The van der Waals surface area contributed by atoms with Gasteiger partial charge in [-0.15, -0.1) is 12.3 Å². The highest BCUT2D eigenvalue weighted by molar-refractivity contribution is 5.82.